The van der Waals surface area contributed by atoms with E-state index in [1.807, 2.05) is 0 Å². The van der Waals surface area contributed by atoms with Crippen molar-refractivity contribution in [2.75, 3.05) is 0 Å². The number of aliphatic hydroxyl groups is 1. The van der Waals surface area contributed by atoms with Crippen molar-refractivity contribution in [3.8, 4) is 0 Å². The van der Waals surface area contributed by atoms with Gasteiger partial charge in [0.1, 0.15) is 6.10 Å². The molecule has 0 spiro atoms. The number of hydrogen-bond acceptors (Lipinski definition) is 7. The van der Waals surface area contributed by atoms with Crippen LogP contribution in [0.3, 0.4) is 0 Å². The van der Waals surface area contributed by atoms with Gasteiger partial charge in [-0.2, -0.15) is 8.42 Å². The van der Waals surface area contributed by atoms with Gasteiger partial charge in [-0.25, -0.2) is 14.4 Å². The number of carboxylic acid groups (broad SMARTS) is 3. The van der Waals surface area contributed by atoms with Crippen molar-refractivity contribution in [3.05, 3.63) is 0 Å². The van der Waals surface area contributed by atoms with Gasteiger partial charge in [0.2, 0.25) is 0 Å². The number of carboxylic acids is 3. The second-order valence-corrected chi connectivity index (χ2v) is 2.97. The Balaban J connectivity index is -0.0000000134. The fourth-order valence-electron chi connectivity index (χ4n) is 0. The van der Waals surface area contributed by atoms with Gasteiger partial charge < -0.3 is 28.0 Å². The molecule has 0 amide bonds. The van der Waals surface area contributed by atoms with Crippen molar-refractivity contribution >= 4 is 87.8 Å². The average Bonchev–Trinajstić information content (AvgIpc) is 2.01. The molecule has 9 N–H and O–H groups in total. The van der Waals surface area contributed by atoms with E-state index in [-0.39, 0.29) is 96.7 Å². The summed E-state index contributed by atoms with van der Waals surface area (Å²) in [6.45, 7) is 1.20. The van der Waals surface area contributed by atoms with Crippen molar-refractivity contribution in [2.45, 2.75) is 13.0 Å². The van der Waals surface area contributed by atoms with Crippen LogP contribution in [-0.2, 0) is 24.8 Å². The Morgan fingerprint density at radius 3 is 1.00 bits per heavy atom. The van der Waals surface area contributed by atoms with Gasteiger partial charge in [-0.1, -0.05) is 0 Å². The van der Waals surface area contributed by atoms with Crippen LogP contribution in [0.15, 0.2) is 0 Å². The zero-order valence-corrected chi connectivity index (χ0v) is 15.2. The molecule has 0 aromatic heterocycles. The Bertz CT molecular complexity index is 369. The maximum Gasteiger partial charge on any atom is 1.00 e. The summed E-state index contributed by atoms with van der Waals surface area (Å²) in [5, 5.41) is 30.6. The van der Waals surface area contributed by atoms with Crippen LogP contribution in [-0.4, -0.2) is 96.7 Å². The van der Waals surface area contributed by atoms with E-state index in [1.165, 1.54) is 6.92 Å². The molecule has 0 saturated heterocycles. The summed E-state index contributed by atoms with van der Waals surface area (Å²) in [6, 6.07) is 0. The summed E-state index contributed by atoms with van der Waals surface area (Å²) in [7, 11) is -4.67. The van der Waals surface area contributed by atoms with Crippen molar-refractivity contribution in [1.82, 2.24) is 6.15 Å². The van der Waals surface area contributed by atoms with Crippen LogP contribution in [0.4, 0.5) is 0 Å². The third-order valence-corrected chi connectivity index (χ3v) is 0.540. The average molecular weight is 452 g/mol. The summed E-state index contributed by atoms with van der Waals surface area (Å²) in [4.78, 5) is 27.6. The molecule has 0 aliphatic carbocycles. The van der Waals surface area contributed by atoms with Crippen LogP contribution in [0.1, 0.15) is 8.35 Å². The van der Waals surface area contributed by atoms with Gasteiger partial charge in [0.05, 0.1) is 0 Å². The molecule has 0 aromatic carbocycles. The Morgan fingerprint density at radius 1 is 0.913 bits per heavy atom. The molecule has 0 bridgehead atoms. The van der Waals surface area contributed by atoms with E-state index in [4.69, 9.17) is 47.5 Å². The molecular weight excluding hydrogens is 430 g/mol. The molecule has 140 valence electrons. The van der Waals surface area contributed by atoms with Gasteiger partial charge in [-0.15, -0.1) is 24.8 Å². The van der Waals surface area contributed by atoms with E-state index in [9.17, 15) is 4.79 Å². The van der Waals surface area contributed by atoms with Crippen molar-refractivity contribution in [3.63, 3.8) is 0 Å². The fraction of sp³-hybridized carbons (Fsp3) is 0.400. The quantitative estimate of drug-likeness (QED) is 0.112. The molecule has 0 rings (SSSR count). The van der Waals surface area contributed by atoms with Crippen LogP contribution in [0, 0.1) is 0 Å². The molecule has 0 aromatic rings. The Kier molecular flexibility index (Phi) is 75.4. The summed E-state index contributed by atoms with van der Waals surface area (Å²) >= 11 is 0. The van der Waals surface area contributed by atoms with Crippen LogP contribution < -0.4 is 35.7 Å². The molecule has 0 aliphatic heterocycles. The maximum absolute atomic E-state index is 9.45. The van der Waals surface area contributed by atoms with Crippen LogP contribution in [0.2, 0.25) is 0 Å². The molecule has 0 fully saturated rings. The first-order valence-electron chi connectivity index (χ1n) is 3.36. The molecular formula is C5H22Al2Cl2NNaO11S. The van der Waals surface area contributed by atoms with Gasteiger partial charge in [-0.05, 0) is 6.92 Å². The topological polar surface area (TPSA) is 242 Å². The van der Waals surface area contributed by atoms with Crippen LogP contribution in [0.25, 0.3) is 0 Å². The number of aliphatic carboxylic acids is 3. The standard InChI is InChI=1S/C3H6O3.C2H2O4.2Al.2ClH.H3N.Na.H2O4S.7H/c1-2(4)3(5)6;3-1(4)2(5)6;;;;;;;1-5(2,3)4;;;;;;;/h2,4H,1H3,(H,5,6);(H,3,4)(H,5,6);;;2*1H;1H3;;(H2,1,2,3,4);;;;;;;/q;;;;;;;+1;;;;;;;;-1. The monoisotopic (exact) mass is 451 g/mol. The largest absolute Gasteiger partial charge is 1.00 e. The second kappa shape index (κ2) is 30.7. The Hall–Kier alpha value is 0.845. The van der Waals surface area contributed by atoms with E-state index in [0.29, 0.717) is 0 Å². The van der Waals surface area contributed by atoms with Crippen molar-refractivity contribution in [1.29, 1.82) is 0 Å². The predicted octanol–water partition coefficient (Wildman–Crippen LogP) is -6.29. The smallest absolute Gasteiger partial charge is 1.00 e. The number of hydrogen-bond donors (Lipinski definition) is 7. The van der Waals surface area contributed by atoms with E-state index < -0.39 is 34.4 Å². The first-order valence-corrected chi connectivity index (χ1v) is 4.75. The zero-order chi connectivity index (χ0) is 14.8. The van der Waals surface area contributed by atoms with E-state index in [0.717, 1.165) is 0 Å². The van der Waals surface area contributed by atoms with Gasteiger partial charge in [0, 0.05) is 0 Å². The molecule has 0 aliphatic rings. The number of halogens is 2. The minimum absolute atomic E-state index is 0. The zero-order valence-electron chi connectivity index (χ0n) is 11.7. The summed E-state index contributed by atoms with van der Waals surface area (Å²) in [5.74, 6) is -4.83. The predicted molar refractivity (Wildman–Crippen MR) is 89.3 cm³/mol. The number of carbonyl (C=O) groups is 3. The molecule has 12 nitrogen and oxygen atoms in total. The van der Waals surface area contributed by atoms with Crippen molar-refractivity contribution < 1.29 is 83.3 Å². The van der Waals surface area contributed by atoms with Gasteiger partial charge in [-0.3, -0.25) is 9.11 Å². The van der Waals surface area contributed by atoms with Crippen molar-refractivity contribution in [2.24, 2.45) is 0 Å². The van der Waals surface area contributed by atoms with Crippen LogP contribution in [0.5, 0.6) is 0 Å². The Morgan fingerprint density at radius 2 is 1.00 bits per heavy atom. The summed E-state index contributed by atoms with van der Waals surface area (Å²) < 4.78 is 31.6. The summed E-state index contributed by atoms with van der Waals surface area (Å²) in [6.07, 6.45) is -1.23. The first kappa shape index (κ1) is 56.5. The van der Waals surface area contributed by atoms with E-state index >= 15 is 0 Å². The number of aliphatic hydroxyl groups excluding tert-OH is 1. The molecule has 0 heterocycles. The second-order valence-electron chi connectivity index (χ2n) is 2.07. The van der Waals surface area contributed by atoms with Gasteiger partial charge in [0.25, 0.3) is 0 Å². The van der Waals surface area contributed by atoms with E-state index in [2.05, 4.69) is 0 Å². The third-order valence-electron chi connectivity index (χ3n) is 0.540. The fourth-order valence-corrected chi connectivity index (χ4v) is 0. The van der Waals surface area contributed by atoms with Crippen LogP contribution >= 0.6 is 24.8 Å². The Labute approximate surface area is 189 Å². The SMILES string of the molecule is CC(O)C(=O)O.Cl.Cl.N.O=C(O)C(=O)O.O=S(=O)(O)O.[AlH3].[AlH3].[H-].[Na+]. The maximum atomic E-state index is 9.45. The molecule has 18 heteroatoms. The normalized spacial score (nSPS) is 8.00. The molecule has 23 heavy (non-hydrogen) atoms. The number of rotatable bonds is 1. The van der Waals surface area contributed by atoms with Gasteiger partial charge >= 0.3 is 57.9 Å². The molecule has 0 radical (unpaired) electrons. The molecule has 1 unspecified atom stereocenters. The van der Waals surface area contributed by atoms with E-state index in [1.54, 1.807) is 0 Å². The molecule has 0 saturated carbocycles. The third kappa shape index (κ3) is 127. The minimum atomic E-state index is -4.67. The summed E-state index contributed by atoms with van der Waals surface area (Å²) in [5.41, 5.74) is 0. The first-order chi connectivity index (χ1) is 7.29. The minimum Gasteiger partial charge on any atom is -1.00 e. The molecule has 1 atom stereocenters. The van der Waals surface area contributed by atoms with Gasteiger partial charge in [0.15, 0.2) is 34.7 Å².